The number of benzene rings is 1. The number of aromatic nitrogens is 4. The first-order valence-corrected chi connectivity index (χ1v) is 8.60. The van der Waals surface area contributed by atoms with Crippen LogP contribution >= 0.6 is 15.9 Å². The molecule has 0 saturated heterocycles. The molecule has 0 aliphatic carbocycles. The average molecular weight is 387 g/mol. The van der Waals surface area contributed by atoms with Crippen LogP contribution in [0.25, 0.3) is 0 Å². The highest BCUT2D eigenvalue weighted by molar-refractivity contribution is 9.10. The van der Waals surface area contributed by atoms with Crippen LogP contribution < -0.4 is 10.6 Å². The van der Waals surface area contributed by atoms with Crippen LogP contribution in [0.1, 0.15) is 31.1 Å². The van der Waals surface area contributed by atoms with Crippen molar-refractivity contribution in [2.75, 3.05) is 10.6 Å². The maximum atomic E-state index is 4.53. The Morgan fingerprint density at radius 1 is 1.25 bits per heavy atom. The summed E-state index contributed by atoms with van der Waals surface area (Å²) in [7, 11) is 0. The Balaban J connectivity index is 1.76. The van der Waals surface area contributed by atoms with Gasteiger partial charge in [0.15, 0.2) is 11.6 Å². The summed E-state index contributed by atoms with van der Waals surface area (Å²) in [5.74, 6) is 1.96. The van der Waals surface area contributed by atoms with E-state index in [1.165, 1.54) is 5.56 Å². The Bertz CT molecular complexity index is 802. The van der Waals surface area contributed by atoms with Gasteiger partial charge in [0.25, 0.3) is 0 Å². The van der Waals surface area contributed by atoms with Gasteiger partial charge in [-0.25, -0.2) is 4.98 Å². The standard InChI is InChI=1S/C17H19BrN6/c1-3-13-9-15(24-23-13)21-16-14(18)10-19-17(22-16)20-11(2)12-7-5-4-6-8-12/h4-11H,3H2,1-2H3,(H3,19,20,21,22,23,24)/t11-/m1/s1. The Kier molecular flexibility index (Phi) is 5.10. The zero-order valence-corrected chi connectivity index (χ0v) is 15.1. The smallest absolute Gasteiger partial charge is 0.225 e. The van der Waals surface area contributed by atoms with Crippen molar-refractivity contribution in [3.05, 3.63) is 58.3 Å². The van der Waals surface area contributed by atoms with Gasteiger partial charge in [0, 0.05) is 18.0 Å². The second-order valence-corrected chi connectivity index (χ2v) is 6.28. The molecule has 2 aromatic heterocycles. The lowest BCUT2D eigenvalue weighted by molar-refractivity contribution is 0.860. The van der Waals surface area contributed by atoms with Crippen molar-refractivity contribution in [1.29, 1.82) is 0 Å². The maximum absolute atomic E-state index is 4.53. The molecule has 0 bridgehead atoms. The van der Waals surface area contributed by atoms with Crippen LogP contribution in [0, 0.1) is 0 Å². The lowest BCUT2D eigenvalue weighted by Gasteiger charge is -2.15. The van der Waals surface area contributed by atoms with E-state index in [2.05, 4.69) is 72.7 Å². The first kappa shape index (κ1) is 16.4. The molecule has 0 amide bonds. The third-order valence-electron chi connectivity index (χ3n) is 3.65. The van der Waals surface area contributed by atoms with E-state index < -0.39 is 0 Å². The SMILES string of the molecule is CCc1cc(Nc2nc(N[C@H](C)c3ccccc3)ncc2Br)n[nH]1. The van der Waals surface area contributed by atoms with Crippen LogP contribution in [0.2, 0.25) is 0 Å². The quantitative estimate of drug-likeness (QED) is 0.583. The molecule has 3 N–H and O–H groups in total. The van der Waals surface area contributed by atoms with Crippen LogP contribution in [0.15, 0.2) is 47.1 Å². The molecular formula is C17H19BrN6. The van der Waals surface area contributed by atoms with Crippen molar-refractivity contribution in [2.24, 2.45) is 0 Å². The summed E-state index contributed by atoms with van der Waals surface area (Å²) in [6.07, 6.45) is 2.63. The van der Waals surface area contributed by atoms with Crippen LogP contribution in [0.4, 0.5) is 17.6 Å². The second-order valence-electron chi connectivity index (χ2n) is 5.42. The number of rotatable bonds is 6. The van der Waals surface area contributed by atoms with E-state index in [1.807, 2.05) is 24.3 Å². The van der Waals surface area contributed by atoms with Gasteiger partial charge in [-0.2, -0.15) is 10.1 Å². The van der Waals surface area contributed by atoms with Crippen molar-refractivity contribution in [2.45, 2.75) is 26.3 Å². The van der Waals surface area contributed by atoms with Crippen LogP contribution in [0.3, 0.4) is 0 Å². The lowest BCUT2D eigenvalue weighted by atomic mass is 10.1. The number of anilines is 3. The minimum atomic E-state index is 0.109. The van der Waals surface area contributed by atoms with E-state index in [0.29, 0.717) is 11.8 Å². The summed E-state index contributed by atoms with van der Waals surface area (Å²) >= 11 is 3.47. The largest absolute Gasteiger partial charge is 0.348 e. The van der Waals surface area contributed by atoms with E-state index in [1.54, 1.807) is 6.20 Å². The van der Waals surface area contributed by atoms with Crippen LogP contribution in [-0.4, -0.2) is 20.2 Å². The Morgan fingerprint density at radius 3 is 2.75 bits per heavy atom. The minimum absolute atomic E-state index is 0.109. The number of aromatic amines is 1. The molecule has 124 valence electrons. The van der Waals surface area contributed by atoms with Gasteiger partial charge < -0.3 is 10.6 Å². The van der Waals surface area contributed by atoms with Crippen molar-refractivity contribution in [1.82, 2.24) is 20.2 Å². The Hall–Kier alpha value is -2.41. The normalized spacial score (nSPS) is 12.0. The molecule has 3 aromatic rings. The van der Waals surface area contributed by atoms with E-state index in [9.17, 15) is 0 Å². The molecule has 7 heteroatoms. The van der Waals surface area contributed by atoms with Gasteiger partial charge in [-0.15, -0.1) is 0 Å². The fraction of sp³-hybridized carbons (Fsp3) is 0.235. The summed E-state index contributed by atoms with van der Waals surface area (Å²) in [4.78, 5) is 8.86. The number of nitrogens with zero attached hydrogens (tertiary/aromatic N) is 3. The predicted molar refractivity (Wildman–Crippen MR) is 99.5 cm³/mol. The van der Waals surface area contributed by atoms with Crippen molar-refractivity contribution < 1.29 is 0 Å². The monoisotopic (exact) mass is 386 g/mol. The first-order valence-electron chi connectivity index (χ1n) is 7.81. The summed E-state index contributed by atoms with van der Waals surface area (Å²) in [6, 6.07) is 12.3. The third-order valence-corrected chi connectivity index (χ3v) is 4.23. The topological polar surface area (TPSA) is 78.5 Å². The van der Waals surface area contributed by atoms with Gasteiger partial charge in [0.1, 0.15) is 0 Å². The van der Waals surface area contributed by atoms with Gasteiger partial charge in [0.05, 0.1) is 10.5 Å². The molecule has 24 heavy (non-hydrogen) atoms. The summed E-state index contributed by atoms with van der Waals surface area (Å²) in [6.45, 7) is 4.15. The van der Waals surface area contributed by atoms with Gasteiger partial charge in [-0.1, -0.05) is 37.3 Å². The van der Waals surface area contributed by atoms with E-state index >= 15 is 0 Å². The molecule has 0 aliphatic rings. The molecule has 0 spiro atoms. The molecule has 0 fully saturated rings. The highest BCUT2D eigenvalue weighted by Crippen LogP contribution is 2.25. The molecule has 1 atom stereocenters. The summed E-state index contributed by atoms with van der Waals surface area (Å²) < 4.78 is 0.779. The van der Waals surface area contributed by atoms with E-state index in [4.69, 9.17) is 0 Å². The molecule has 1 aromatic carbocycles. The number of hydrogen-bond acceptors (Lipinski definition) is 5. The Morgan fingerprint density at radius 2 is 2.04 bits per heavy atom. The zero-order chi connectivity index (χ0) is 16.9. The molecule has 0 unspecified atom stereocenters. The number of H-pyrrole nitrogens is 1. The number of nitrogens with one attached hydrogen (secondary N) is 3. The van der Waals surface area contributed by atoms with Gasteiger partial charge in [-0.3, -0.25) is 5.10 Å². The summed E-state index contributed by atoms with van der Waals surface area (Å²) in [5.41, 5.74) is 2.25. The lowest BCUT2D eigenvalue weighted by Crippen LogP contribution is -2.10. The average Bonchev–Trinajstić information content (AvgIpc) is 3.06. The van der Waals surface area contributed by atoms with Crippen molar-refractivity contribution in [3.8, 4) is 0 Å². The number of hydrogen-bond donors (Lipinski definition) is 3. The third kappa shape index (κ3) is 3.91. The number of halogens is 1. The molecule has 0 aliphatic heterocycles. The van der Waals surface area contributed by atoms with Crippen LogP contribution in [0.5, 0.6) is 0 Å². The molecular weight excluding hydrogens is 368 g/mol. The van der Waals surface area contributed by atoms with Crippen molar-refractivity contribution >= 4 is 33.5 Å². The Labute approximate surface area is 149 Å². The highest BCUT2D eigenvalue weighted by atomic mass is 79.9. The van der Waals surface area contributed by atoms with Crippen molar-refractivity contribution in [3.63, 3.8) is 0 Å². The maximum Gasteiger partial charge on any atom is 0.225 e. The fourth-order valence-corrected chi connectivity index (χ4v) is 2.56. The zero-order valence-electron chi connectivity index (χ0n) is 13.5. The van der Waals surface area contributed by atoms with E-state index in [-0.39, 0.29) is 6.04 Å². The van der Waals surface area contributed by atoms with Gasteiger partial charge in [-0.05, 0) is 34.8 Å². The second kappa shape index (κ2) is 7.44. The molecule has 0 radical (unpaired) electrons. The first-order chi connectivity index (χ1) is 11.7. The predicted octanol–water partition coefficient (Wildman–Crippen LogP) is 4.44. The molecule has 3 rings (SSSR count). The van der Waals surface area contributed by atoms with Crippen LogP contribution in [-0.2, 0) is 6.42 Å². The minimum Gasteiger partial charge on any atom is -0.348 e. The molecule has 0 saturated carbocycles. The number of aryl methyl sites for hydroxylation is 1. The summed E-state index contributed by atoms with van der Waals surface area (Å²) in [5, 5.41) is 13.7. The fourth-order valence-electron chi connectivity index (χ4n) is 2.27. The molecule has 6 nitrogen and oxygen atoms in total. The van der Waals surface area contributed by atoms with E-state index in [0.717, 1.165) is 22.4 Å². The highest BCUT2D eigenvalue weighted by Gasteiger charge is 2.10. The van der Waals surface area contributed by atoms with Gasteiger partial charge in [0.2, 0.25) is 5.95 Å². The molecule has 2 heterocycles. The van der Waals surface area contributed by atoms with Gasteiger partial charge >= 0.3 is 0 Å².